The smallest absolute Gasteiger partial charge is 0.220 e. The number of hydrogen-bond donors (Lipinski definition) is 2. The first-order chi connectivity index (χ1) is 7.27. The van der Waals surface area contributed by atoms with Crippen LogP contribution in [0.5, 0.6) is 0 Å². The molecule has 0 aromatic carbocycles. The molecule has 0 aromatic rings. The van der Waals surface area contributed by atoms with Crippen molar-refractivity contribution < 1.29 is 9.59 Å². The van der Waals surface area contributed by atoms with Gasteiger partial charge in [0.1, 0.15) is 6.29 Å². The number of carbonyl (C=O) groups is 2. The van der Waals surface area contributed by atoms with Crippen LogP contribution in [0, 0.1) is 0 Å². The fraction of sp³-hybridized carbons (Fsp3) is 0.818. The van der Waals surface area contributed by atoms with Crippen molar-refractivity contribution in [3.63, 3.8) is 0 Å². The van der Waals surface area contributed by atoms with Gasteiger partial charge in [0.25, 0.3) is 0 Å². The molecular weight excluding hydrogens is 192 g/mol. The SMILES string of the molecule is CNC1CCCCC1NC(=O)CCC=O. The second-order valence-corrected chi connectivity index (χ2v) is 4.06. The topological polar surface area (TPSA) is 58.2 Å². The number of hydrogen-bond acceptors (Lipinski definition) is 3. The van der Waals surface area contributed by atoms with Gasteiger partial charge in [-0.3, -0.25) is 4.79 Å². The van der Waals surface area contributed by atoms with Crippen LogP contribution in [-0.4, -0.2) is 31.3 Å². The molecule has 4 heteroatoms. The van der Waals surface area contributed by atoms with Crippen LogP contribution in [0.15, 0.2) is 0 Å². The van der Waals surface area contributed by atoms with Gasteiger partial charge in [0.2, 0.25) is 5.91 Å². The van der Waals surface area contributed by atoms with Gasteiger partial charge in [0.15, 0.2) is 0 Å². The second-order valence-electron chi connectivity index (χ2n) is 4.06. The quantitative estimate of drug-likeness (QED) is 0.657. The minimum absolute atomic E-state index is 0.00532. The molecule has 0 bridgehead atoms. The lowest BCUT2D eigenvalue weighted by atomic mass is 9.90. The molecule has 0 radical (unpaired) electrons. The number of rotatable bonds is 5. The predicted molar refractivity (Wildman–Crippen MR) is 58.5 cm³/mol. The number of aldehydes is 1. The highest BCUT2D eigenvalue weighted by Gasteiger charge is 2.24. The molecule has 1 rings (SSSR count). The standard InChI is InChI=1S/C11H20N2O2/c1-12-9-5-2-3-6-10(9)13-11(15)7-4-8-14/h8-10,12H,2-7H2,1H3,(H,13,15). The van der Waals surface area contributed by atoms with E-state index in [4.69, 9.17) is 0 Å². The van der Waals surface area contributed by atoms with Crippen molar-refractivity contribution in [2.45, 2.75) is 50.6 Å². The Morgan fingerprint density at radius 1 is 1.33 bits per heavy atom. The Labute approximate surface area is 90.8 Å². The van der Waals surface area contributed by atoms with Crippen molar-refractivity contribution in [1.29, 1.82) is 0 Å². The van der Waals surface area contributed by atoms with Gasteiger partial charge in [-0.15, -0.1) is 0 Å². The summed E-state index contributed by atoms with van der Waals surface area (Å²) in [5.74, 6) is -0.00532. The van der Waals surface area contributed by atoms with Crippen molar-refractivity contribution in [2.24, 2.45) is 0 Å². The number of carbonyl (C=O) groups excluding carboxylic acids is 2. The molecule has 2 N–H and O–H groups in total. The van der Waals surface area contributed by atoms with Gasteiger partial charge in [-0.2, -0.15) is 0 Å². The largest absolute Gasteiger partial charge is 0.352 e. The zero-order valence-electron chi connectivity index (χ0n) is 9.29. The minimum Gasteiger partial charge on any atom is -0.352 e. The Balaban J connectivity index is 2.33. The van der Waals surface area contributed by atoms with E-state index in [-0.39, 0.29) is 11.9 Å². The Morgan fingerprint density at radius 2 is 2.00 bits per heavy atom. The zero-order valence-corrected chi connectivity index (χ0v) is 9.29. The fourth-order valence-corrected chi connectivity index (χ4v) is 2.12. The monoisotopic (exact) mass is 212 g/mol. The van der Waals surface area contributed by atoms with E-state index in [1.54, 1.807) is 0 Å². The molecule has 1 saturated carbocycles. The molecule has 2 atom stereocenters. The Hall–Kier alpha value is -0.900. The molecule has 2 unspecified atom stereocenters. The summed E-state index contributed by atoms with van der Waals surface area (Å²) in [5, 5.41) is 6.23. The number of amides is 1. The minimum atomic E-state index is -0.00532. The summed E-state index contributed by atoms with van der Waals surface area (Å²) in [6.45, 7) is 0. The normalized spacial score (nSPS) is 25.9. The molecular formula is C11H20N2O2. The molecule has 0 aromatic heterocycles. The van der Waals surface area contributed by atoms with Gasteiger partial charge in [0, 0.05) is 24.9 Å². The molecule has 1 aliphatic carbocycles. The maximum atomic E-state index is 11.4. The van der Waals surface area contributed by atoms with Crippen LogP contribution in [-0.2, 0) is 9.59 Å². The van der Waals surface area contributed by atoms with Gasteiger partial charge in [0.05, 0.1) is 0 Å². The summed E-state index contributed by atoms with van der Waals surface area (Å²) in [7, 11) is 1.93. The van der Waals surface area contributed by atoms with Crippen molar-refractivity contribution in [3.8, 4) is 0 Å². The molecule has 0 spiro atoms. The van der Waals surface area contributed by atoms with Crippen molar-refractivity contribution in [2.75, 3.05) is 7.05 Å². The average molecular weight is 212 g/mol. The van der Waals surface area contributed by atoms with Gasteiger partial charge >= 0.3 is 0 Å². The Kier molecular flexibility index (Phi) is 5.32. The van der Waals surface area contributed by atoms with Crippen LogP contribution in [0.25, 0.3) is 0 Å². The highest BCUT2D eigenvalue weighted by atomic mass is 16.1. The van der Waals surface area contributed by atoms with Crippen molar-refractivity contribution in [3.05, 3.63) is 0 Å². The molecule has 15 heavy (non-hydrogen) atoms. The lowest BCUT2D eigenvalue weighted by Crippen LogP contribution is -2.50. The first-order valence-corrected chi connectivity index (χ1v) is 5.68. The van der Waals surface area contributed by atoms with Gasteiger partial charge in [-0.25, -0.2) is 0 Å². The van der Waals surface area contributed by atoms with E-state index in [9.17, 15) is 9.59 Å². The number of nitrogens with one attached hydrogen (secondary N) is 2. The molecule has 0 heterocycles. The van der Waals surface area contributed by atoms with E-state index in [1.165, 1.54) is 12.8 Å². The van der Waals surface area contributed by atoms with Crippen LogP contribution in [0.1, 0.15) is 38.5 Å². The van der Waals surface area contributed by atoms with Crippen LogP contribution < -0.4 is 10.6 Å². The van der Waals surface area contributed by atoms with Gasteiger partial charge in [-0.1, -0.05) is 12.8 Å². The van der Waals surface area contributed by atoms with E-state index in [1.807, 2.05) is 7.05 Å². The summed E-state index contributed by atoms with van der Waals surface area (Å²) in [5.41, 5.74) is 0. The van der Waals surface area contributed by atoms with Crippen molar-refractivity contribution in [1.82, 2.24) is 10.6 Å². The maximum absolute atomic E-state index is 11.4. The summed E-state index contributed by atoms with van der Waals surface area (Å²) >= 11 is 0. The predicted octanol–water partition coefficient (Wildman–Crippen LogP) is 0.612. The highest BCUT2D eigenvalue weighted by Crippen LogP contribution is 2.18. The van der Waals surface area contributed by atoms with Crippen LogP contribution in [0.3, 0.4) is 0 Å². The summed E-state index contributed by atoms with van der Waals surface area (Å²) in [6, 6.07) is 0.627. The Morgan fingerprint density at radius 3 is 2.60 bits per heavy atom. The lowest BCUT2D eigenvalue weighted by Gasteiger charge is -2.31. The van der Waals surface area contributed by atoms with E-state index in [2.05, 4.69) is 10.6 Å². The van der Waals surface area contributed by atoms with E-state index in [0.29, 0.717) is 18.9 Å². The lowest BCUT2D eigenvalue weighted by molar-refractivity contribution is -0.123. The first-order valence-electron chi connectivity index (χ1n) is 5.68. The number of likely N-dealkylation sites (N-methyl/N-ethyl adjacent to an activating group) is 1. The highest BCUT2D eigenvalue weighted by molar-refractivity contribution is 5.78. The van der Waals surface area contributed by atoms with Gasteiger partial charge < -0.3 is 15.4 Å². The fourth-order valence-electron chi connectivity index (χ4n) is 2.12. The van der Waals surface area contributed by atoms with E-state index >= 15 is 0 Å². The maximum Gasteiger partial charge on any atom is 0.220 e. The summed E-state index contributed by atoms with van der Waals surface area (Å²) in [6.07, 6.45) is 5.99. The van der Waals surface area contributed by atoms with Gasteiger partial charge in [-0.05, 0) is 19.9 Å². The summed E-state index contributed by atoms with van der Waals surface area (Å²) in [4.78, 5) is 21.6. The molecule has 1 aliphatic rings. The third kappa shape index (κ3) is 4.00. The molecule has 86 valence electrons. The second kappa shape index (κ2) is 6.56. The van der Waals surface area contributed by atoms with E-state index < -0.39 is 0 Å². The molecule has 1 fully saturated rings. The molecule has 0 aliphatic heterocycles. The Bertz CT molecular complexity index is 219. The average Bonchev–Trinajstić information content (AvgIpc) is 2.27. The summed E-state index contributed by atoms with van der Waals surface area (Å²) < 4.78 is 0. The van der Waals surface area contributed by atoms with Crippen molar-refractivity contribution >= 4 is 12.2 Å². The zero-order chi connectivity index (χ0) is 11.1. The van der Waals surface area contributed by atoms with Crippen LogP contribution in [0.4, 0.5) is 0 Å². The first kappa shape index (κ1) is 12.2. The van der Waals surface area contributed by atoms with Crippen LogP contribution in [0.2, 0.25) is 0 Å². The molecule has 4 nitrogen and oxygen atoms in total. The van der Waals surface area contributed by atoms with E-state index in [0.717, 1.165) is 19.1 Å². The third-order valence-corrected chi connectivity index (χ3v) is 2.97. The molecule has 0 saturated heterocycles. The molecule has 1 amide bonds. The third-order valence-electron chi connectivity index (χ3n) is 2.97. The van der Waals surface area contributed by atoms with Crippen LogP contribution >= 0.6 is 0 Å².